The molecule has 0 bridgehead atoms. The standard InChI is InChI=1S/C16H22N2O2/c1-3-10-18-14-9-8-12(2)11-13(14)17-15(18)6-4-5-7-16(19)20/h8-9,11H,3-7,10H2,1-2H3,(H,19,20). The van der Waals surface area contributed by atoms with Crippen LogP contribution in [0.25, 0.3) is 11.0 Å². The van der Waals surface area contributed by atoms with Crippen molar-refractivity contribution in [2.45, 2.75) is 52.5 Å². The molecule has 0 aliphatic heterocycles. The van der Waals surface area contributed by atoms with E-state index < -0.39 is 5.97 Å². The third-order valence-corrected chi connectivity index (χ3v) is 3.47. The molecule has 1 aromatic heterocycles. The van der Waals surface area contributed by atoms with Crippen LogP contribution in [0.5, 0.6) is 0 Å². The van der Waals surface area contributed by atoms with Crippen molar-refractivity contribution in [2.24, 2.45) is 0 Å². The summed E-state index contributed by atoms with van der Waals surface area (Å²) in [5, 5.41) is 8.67. The van der Waals surface area contributed by atoms with Gasteiger partial charge in [-0.15, -0.1) is 0 Å². The van der Waals surface area contributed by atoms with Crippen LogP contribution in [0.3, 0.4) is 0 Å². The fraction of sp³-hybridized carbons (Fsp3) is 0.500. The molecule has 0 aliphatic carbocycles. The molecule has 0 unspecified atom stereocenters. The van der Waals surface area contributed by atoms with E-state index in [1.807, 2.05) is 0 Å². The molecular weight excluding hydrogens is 252 g/mol. The summed E-state index contributed by atoms with van der Waals surface area (Å²) in [6.45, 7) is 5.20. The van der Waals surface area contributed by atoms with Gasteiger partial charge in [0.15, 0.2) is 0 Å². The zero-order valence-corrected chi connectivity index (χ0v) is 12.2. The highest BCUT2D eigenvalue weighted by molar-refractivity contribution is 5.76. The first-order valence-electron chi connectivity index (χ1n) is 7.29. The van der Waals surface area contributed by atoms with Crippen molar-refractivity contribution < 1.29 is 9.90 Å². The van der Waals surface area contributed by atoms with Crippen LogP contribution in [-0.4, -0.2) is 20.6 Å². The van der Waals surface area contributed by atoms with E-state index >= 15 is 0 Å². The molecule has 0 saturated heterocycles. The maximum atomic E-state index is 10.5. The highest BCUT2D eigenvalue weighted by atomic mass is 16.4. The van der Waals surface area contributed by atoms with Crippen molar-refractivity contribution >= 4 is 17.0 Å². The predicted molar refractivity (Wildman–Crippen MR) is 80.0 cm³/mol. The fourth-order valence-corrected chi connectivity index (χ4v) is 2.51. The second kappa shape index (κ2) is 6.55. The average molecular weight is 274 g/mol. The number of hydrogen-bond acceptors (Lipinski definition) is 2. The highest BCUT2D eigenvalue weighted by Gasteiger charge is 2.10. The number of aryl methyl sites for hydroxylation is 3. The first-order chi connectivity index (χ1) is 9.61. The minimum atomic E-state index is -0.720. The van der Waals surface area contributed by atoms with Gasteiger partial charge >= 0.3 is 5.97 Å². The molecule has 0 amide bonds. The number of aromatic nitrogens is 2. The minimum Gasteiger partial charge on any atom is -0.481 e. The molecule has 20 heavy (non-hydrogen) atoms. The molecule has 0 saturated carbocycles. The Morgan fingerprint density at radius 3 is 2.85 bits per heavy atom. The van der Waals surface area contributed by atoms with Gasteiger partial charge in [0.25, 0.3) is 0 Å². The van der Waals surface area contributed by atoms with Crippen LogP contribution in [-0.2, 0) is 17.8 Å². The number of imidazole rings is 1. The molecule has 4 nitrogen and oxygen atoms in total. The Morgan fingerprint density at radius 2 is 2.15 bits per heavy atom. The lowest BCUT2D eigenvalue weighted by molar-refractivity contribution is -0.137. The van der Waals surface area contributed by atoms with Crippen molar-refractivity contribution in [3.63, 3.8) is 0 Å². The first kappa shape index (κ1) is 14.6. The molecule has 0 radical (unpaired) electrons. The number of unbranched alkanes of at least 4 members (excludes halogenated alkanes) is 1. The van der Waals surface area contributed by atoms with Crippen LogP contribution in [0.4, 0.5) is 0 Å². The smallest absolute Gasteiger partial charge is 0.303 e. The lowest BCUT2D eigenvalue weighted by atomic mass is 10.2. The van der Waals surface area contributed by atoms with Crippen LogP contribution < -0.4 is 0 Å². The molecule has 108 valence electrons. The Labute approximate surface area is 119 Å². The van der Waals surface area contributed by atoms with Gasteiger partial charge in [0.2, 0.25) is 0 Å². The number of benzene rings is 1. The number of fused-ring (bicyclic) bond motifs is 1. The predicted octanol–water partition coefficient (Wildman–Crippen LogP) is 3.55. The molecule has 0 fully saturated rings. The summed E-state index contributed by atoms with van der Waals surface area (Å²) < 4.78 is 2.27. The lowest BCUT2D eigenvalue weighted by Gasteiger charge is -2.07. The topological polar surface area (TPSA) is 55.1 Å². The second-order valence-electron chi connectivity index (χ2n) is 5.27. The summed E-state index contributed by atoms with van der Waals surface area (Å²) in [5.74, 6) is 0.362. The summed E-state index contributed by atoms with van der Waals surface area (Å²) in [4.78, 5) is 15.3. The zero-order chi connectivity index (χ0) is 14.5. The van der Waals surface area contributed by atoms with Crippen LogP contribution in [0.2, 0.25) is 0 Å². The van der Waals surface area contributed by atoms with Crippen LogP contribution in [0, 0.1) is 6.92 Å². The van der Waals surface area contributed by atoms with Crippen LogP contribution in [0.1, 0.15) is 44.0 Å². The van der Waals surface area contributed by atoms with Gasteiger partial charge in [-0.1, -0.05) is 13.0 Å². The molecule has 1 heterocycles. The van der Waals surface area contributed by atoms with Gasteiger partial charge in [-0.25, -0.2) is 4.98 Å². The van der Waals surface area contributed by atoms with E-state index in [4.69, 9.17) is 10.1 Å². The molecule has 1 N–H and O–H groups in total. The van der Waals surface area contributed by atoms with E-state index in [9.17, 15) is 4.79 Å². The summed E-state index contributed by atoms with van der Waals surface area (Å²) >= 11 is 0. The number of carboxylic acids is 1. The zero-order valence-electron chi connectivity index (χ0n) is 12.2. The van der Waals surface area contributed by atoms with E-state index in [1.54, 1.807) is 0 Å². The van der Waals surface area contributed by atoms with Gasteiger partial charge in [0.05, 0.1) is 11.0 Å². The molecule has 2 aromatic rings. The summed E-state index contributed by atoms with van der Waals surface area (Å²) in [6, 6.07) is 6.36. The number of rotatable bonds is 7. The molecule has 1 aromatic carbocycles. The molecule has 4 heteroatoms. The minimum absolute atomic E-state index is 0.243. The molecule has 0 aliphatic rings. The van der Waals surface area contributed by atoms with Crippen molar-refractivity contribution in [1.82, 2.24) is 9.55 Å². The molecule has 0 atom stereocenters. The van der Waals surface area contributed by atoms with Crippen molar-refractivity contribution in [1.29, 1.82) is 0 Å². The fourth-order valence-electron chi connectivity index (χ4n) is 2.51. The van der Waals surface area contributed by atoms with Crippen LogP contribution >= 0.6 is 0 Å². The Kier molecular flexibility index (Phi) is 4.77. The summed E-state index contributed by atoms with van der Waals surface area (Å²) in [7, 11) is 0. The van der Waals surface area contributed by atoms with Crippen molar-refractivity contribution in [2.75, 3.05) is 0 Å². The van der Waals surface area contributed by atoms with E-state index in [0.29, 0.717) is 6.42 Å². The normalized spacial score (nSPS) is 11.1. The lowest BCUT2D eigenvalue weighted by Crippen LogP contribution is -2.04. The number of hydrogen-bond donors (Lipinski definition) is 1. The van der Waals surface area contributed by atoms with Gasteiger partial charge in [0.1, 0.15) is 5.82 Å². The van der Waals surface area contributed by atoms with Gasteiger partial charge in [-0.3, -0.25) is 4.79 Å². The van der Waals surface area contributed by atoms with Crippen LogP contribution in [0.15, 0.2) is 18.2 Å². The van der Waals surface area contributed by atoms with Gasteiger partial charge in [-0.05, 0) is 43.9 Å². The van der Waals surface area contributed by atoms with Crippen molar-refractivity contribution in [3.05, 3.63) is 29.6 Å². The number of carbonyl (C=O) groups is 1. The third kappa shape index (κ3) is 3.38. The maximum absolute atomic E-state index is 10.5. The Hall–Kier alpha value is -1.84. The second-order valence-corrected chi connectivity index (χ2v) is 5.27. The molecule has 2 rings (SSSR count). The SMILES string of the molecule is CCCn1c(CCCCC(=O)O)nc2cc(C)ccc21. The summed E-state index contributed by atoms with van der Waals surface area (Å²) in [6.07, 6.45) is 3.75. The number of aliphatic carboxylic acids is 1. The quantitative estimate of drug-likeness (QED) is 0.785. The van der Waals surface area contributed by atoms with E-state index in [0.717, 1.165) is 37.1 Å². The first-order valence-corrected chi connectivity index (χ1v) is 7.29. The maximum Gasteiger partial charge on any atom is 0.303 e. The Balaban J connectivity index is 2.18. The monoisotopic (exact) mass is 274 g/mol. The van der Waals surface area contributed by atoms with E-state index in [2.05, 4.69) is 36.6 Å². The van der Waals surface area contributed by atoms with Gasteiger partial charge < -0.3 is 9.67 Å². The number of nitrogens with zero attached hydrogens (tertiary/aromatic N) is 2. The Morgan fingerprint density at radius 1 is 1.35 bits per heavy atom. The van der Waals surface area contributed by atoms with E-state index in [1.165, 1.54) is 11.1 Å². The molecular formula is C16H22N2O2. The Bertz CT molecular complexity index is 602. The van der Waals surface area contributed by atoms with E-state index in [-0.39, 0.29) is 6.42 Å². The third-order valence-electron chi connectivity index (χ3n) is 3.47. The van der Waals surface area contributed by atoms with Crippen molar-refractivity contribution in [3.8, 4) is 0 Å². The van der Waals surface area contributed by atoms with Gasteiger partial charge in [0, 0.05) is 19.4 Å². The summed E-state index contributed by atoms with van der Waals surface area (Å²) in [5.41, 5.74) is 3.45. The highest BCUT2D eigenvalue weighted by Crippen LogP contribution is 2.19. The largest absolute Gasteiger partial charge is 0.481 e. The number of carboxylic acid groups (broad SMARTS) is 1. The average Bonchev–Trinajstić information content (AvgIpc) is 2.72. The van der Waals surface area contributed by atoms with Gasteiger partial charge in [-0.2, -0.15) is 0 Å². The molecule has 0 spiro atoms.